The molecule has 0 aromatic carbocycles. The van der Waals surface area contributed by atoms with Gasteiger partial charge in [0.15, 0.2) is 6.10 Å². The first kappa shape index (κ1) is 15.8. The minimum atomic E-state index is -5.67. The molecule has 4 bridgehead atoms. The molecule has 0 aromatic heterocycles. The maximum Gasteiger partial charge on any atom is 0.449 e. The highest BCUT2D eigenvalue weighted by Crippen LogP contribution is 2.74. The van der Waals surface area contributed by atoms with Gasteiger partial charge in [-0.15, -0.1) is 0 Å². The Balaban J connectivity index is 1.56. The molecule has 0 aromatic rings. The zero-order valence-corrected chi connectivity index (χ0v) is 12.8. The van der Waals surface area contributed by atoms with Gasteiger partial charge in [-0.2, -0.15) is 22.0 Å². The number of fused-ring (bicyclic) bond motifs is 10. The first-order valence-corrected chi connectivity index (χ1v) is 8.58. The van der Waals surface area contributed by atoms with Crippen molar-refractivity contribution >= 4 is 0 Å². The van der Waals surface area contributed by atoms with Gasteiger partial charge in [0.2, 0.25) is 0 Å². The first-order chi connectivity index (χ1) is 11.0. The van der Waals surface area contributed by atoms with Crippen LogP contribution < -0.4 is 0 Å². The van der Waals surface area contributed by atoms with Gasteiger partial charge < -0.3 is 14.9 Å². The molecule has 8 heteroatoms. The van der Waals surface area contributed by atoms with E-state index >= 15 is 0 Å². The standard InChI is InChI=1S/C16H19F5O3/c17-14(18)12(22)13(24-15(14,23)16(19,20)21)5-8-4-9(13)11-7-2-1-6(3-7)10(8)11/h6-12,22-23H,1-5H2. The van der Waals surface area contributed by atoms with E-state index in [0.29, 0.717) is 24.2 Å². The fourth-order valence-corrected chi connectivity index (χ4v) is 7.19. The third-order valence-corrected chi connectivity index (χ3v) is 7.80. The Morgan fingerprint density at radius 2 is 1.58 bits per heavy atom. The van der Waals surface area contributed by atoms with Crippen molar-refractivity contribution in [2.75, 3.05) is 0 Å². The maximum absolute atomic E-state index is 14.3. The van der Waals surface area contributed by atoms with E-state index in [1.165, 1.54) is 0 Å². The van der Waals surface area contributed by atoms with Gasteiger partial charge >= 0.3 is 17.9 Å². The number of hydrogen-bond acceptors (Lipinski definition) is 3. The smallest absolute Gasteiger partial charge is 0.384 e. The van der Waals surface area contributed by atoms with Gasteiger partial charge in [-0.25, -0.2) is 0 Å². The molecule has 4 aliphatic carbocycles. The Bertz CT molecular complexity index is 595. The molecular weight excluding hydrogens is 335 g/mol. The van der Waals surface area contributed by atoms with E-state index < -0.39 is 35.5 Å². The average Bonchev–Trinajstić information content (AvgIpc) is 3.23. The second-order valence-electron chi connectivity index (χ2n) is 8.52. The molecule has 2 N–H and O–H groups in total. The average molecular weight is 354 g/mol. The highest BCUT2D eigenvalue weighted by atomic mass is 19.4. The molecule has 3 nitrogen and oxygen atoms in total. The second kappa shape index (κ2) is 4.09. The molecule has 5 aliphatic rings. The lowest BCUT2D eigenvalue weighted by Crippen LogP contribution is -2.59. The van der Waals surface area contributed by atoms with Crippen molar-refractivity contribution in [1.29, 1.82) is 0 Å². The Morgan fingerprint density at radius 1 is 0.958 bits per heavy atom. The molecule has 4 saturated carbocycles. The number of rotatable bonds is 0. The molecule has 1 aliphatic heterocycles. The first-order valence-electron chi connectivity index (χ1n) is 8.58. The molecular formula is C16H19F5O3. The van der Waals surface area contributed by atoms with E-state index in [0.717, 1.165) is 19.3 Å². The molecule has 5 rings (SSSR count). The van der Waals surface area contributed by atoms with Crippen LogP contribution in [0.25, 0.3) is 0 Å². The fourth-order valence-electron chi connectivity index (χ4n) is 7.19. The van der Waals surface area contributed by atoms with E-state index in [1.54, 1.807) is 0 Å². The summed E-state index contributed by atoms with van der Waals surface area (Å²) in [6.07, 6.45) is -4.71. The Kier molecular flexibility index (Phi) is 2.69. The molecule has 9 atom stereocenters. The molecule has 1 saturated heterocycles. The highest BCUT2D eigenvalue weighted by molar-refractivity contribution is 5.24. The number of ether oxygens (including phenoxy) is 1. The lowest BCUT2D eigenvalue weighted by atomic mass is 9.64. The third-order valence-electron chi connectivity index (χ3n) is 7.80. The van der Waals surface area contributed by atoms with E-state index in [-0.39, 0.29) is 18.3 Å². The summed E-state index contributed by atoms with van der Waals surface area (Å²) in [5, 5.41) is 19.9. The molecule has 9 unspecified atom stereocenters. The van der Waals surface area contributed by atoms with Gasteiger partial charge in [0.1, 0.15) is 5.60 Å². The minimum Gasteiger partial charge on any atom is -0.384 e. The van der Waals surface area contributed by atoms with E-state index in [4.69, 9.17) is 4.74 Å². The van der Waals surface area contributed by atoms with E-state index in [1.807, 2.05) is 0 Å². The van der Waals surface area contributed by atoms with Crippen LogP contribution >= 0.6 is 0 Å². The van der Waals surface area contributed by atoms with Crippen LogP contribution in [-0.4, -0.2) is 39.8 Å². The van der Waals surface area contributed by atoms with Crippen LogP contribution in [0.15, 0.2) is 0 Å². The SMILES string of the molecule is OC1C2(CC3CC2C2C4CCC(C4)C32)OC(O)(C(F)(F)F)C1(F)F. The van der Waals surface area contributed by atoms with Crippen molar-refractivity contribution in [3.63, 3.8) is 0 Å². The molecule has 5 fully saturated rings. The Morgan fingerprint density at radius 3 is 2.17 bits per heavy atom. The second-order valence-corrected chi connectivity index (χ2v) is 8.52. The van der Waals surface area contributed by atoms with Crippen LogP contribution in [0.1, 0.15) is 32.1 Å². The molecule has 0 amide bonds. The van der Waals surface area contributed by atoms with Gasteiger partial charge in [0.25, 0.3) is 0 Å². The third kappa shape index (κ3) is 1.43. The van der Waals surface area contributed by atoms with Crippen molar-refractivity contribution < 1.29 is 36.9 Å². The summed E-state index contributed by atoms with van der Waals surface area (Å²) in [6, 6.07) is 0. The minimum absolute atomic E-state index is 0.0105. The van der Waals surface area contributed by atoms with E-state index in [9.17, 15) is 32.2 Å². The van der Waals surface area contributed by atoms with Crippen LogP contribution in [0.4, 0.5) is 22.0 Å². The van der Waals surface area contributed by atoms with Crippen LogP contribution in [0.3, 0.4) is 0 Å². The number of alkyl halides is 5. The summed E-state index contributed by atoms with van der Waals surface area (Å²) in [5.41, 5.74) is -1.98. The van der Waals surface area contributed by atoms with Crippen molar-refractivity contribution in [1.82, 2.24) is 0 Å². The lowest BCUT2D eigenvalue weighted by molar-refractivity contribution is -0.417. The van der Waals surface area contributed by atoms with Gasteiger partial charge in [0.05, 0.1) is 0 Å². The van der Waals surface area contributed by atoms with Crippen molar-refractivity contribution in [3.05, 3.63) is 0 Å². The number of aliphatic hydroxyl groups is 2. The maximum atomic E-state index is 14.3. The summed E-state index contributed by atoms with van der Waals surface area (Å²) >= 11 is 0. The van der Waals surface area contributed by atoms with Crippen molar-refractivity contribution in [3.8, 4) is 0 Å². The predicted molar refractivity (Wildman–Crippen MR) is 69.8 cm³/mol. The summed E-state index contributed by atoms with van der Waals surface area (Å²) in [5.74, 6) is -8.63. The quantitative estimate of drug-likeness (QED) is 0.520. The van der Waals surface area contributed by atoms with Crippen LogP contribution in [0.5, 0.6) is 0 Å². The molecule has 24 heavy (non-hydrogen) atoms. The van der Waals surface area contributed by atoms with E-state index in [2.05, 4.69) is 0 Å². The summed E-state index contributed by atoms with van der Waals surface area (Å²) in [4.78, 5) is 0. The van der Waals surface area contributed by atoms with Gasteiger partial charge in [-0.3, -0.25) is 0 Å². The van der Waals surface area contributed by atoms with Crippen molar-refractivity contribution in [2.24, 2.45) is 35.5 Å². The summed E-state index contributed by atoms with van der Waals surface area (Å²) in [7, 11) is 0. The lowest BCUT2D eigenvalue weighted by Gasteiger charge is -2.45. The Hall–Kier alpha value is -0.470. The number of hydrogen-bond donors (Lipinski definition) is 2. The largest absolute Gasteiger partial charge is 0.449 e. The Labute approximate surface area is 135 Å². The van der Waals surface area contributed by atoms with Crippen LogP contribution in [-0.2, 0) is 4.74 Å². The zero-order chi connectivity index (χ0) is 17.3. The van der Waals surface area contributed by atoms with Crippen LogP contribution in [0.2, 0.25) is 0 Å². The zero-order valence-electron chi connectivity index (χ0n) is 12.8. The number of halogens is 5. The summed E-state index contributed by atoms with van der Waals surface area (Å²) in [6.45, 7) is 0. The highest BCUT2D eigenvalue weighted by Gasteiger charge is 2.87. The molecule has 136 valence electrons. The predicted octanol–water partition coefficient (Wildman–Crippen LogP) is 2.70. The number of aliphatic hydroxyl groups excluding tert-OH is 1. The molecule has 1 spiro atoms. The van der Waals surface area contributed by atoms with Crippen molar-refractivity contribution in [2.45, 2.75) is 61.7 Å². The van der Waals surface area contributed by atoms with Gasteiger partial charge in [0, 0.05) is 0 Å². The topological polar surface area (TPSA) is 49.7 Å². The van der Waals surface area contributed by atoms with Crippen LogP contribution in [0, 0.1) is 35.5 Å². The fraction of sp³-hybridized carbons (Fsp3) is 1.00. The monoisotopic (exact) mass is 354 g/mol. The van der Waals surface area contributed by atoms with Gasteiger partial charge in [-0.1, -0.05) is 0 Å². The normalized spacial score (nSPS) is 60.4. The molecule has 0 radical (unpaired) electrons. The summed E-state index contributed by atoms with van der Waals surface area (Å²) < 4.78 is 72.8. The van der Waals surface area contributed by atoms with Gasteiger partial charge in [-0.05, 0) is 67.6 Å². The molecule has 1 heterocycles.